The van der Waals surface area contributed by atoms with Crippen LogP contribution in [-0.2, 0) is 0 Å². The number of nitrogens with one attached hydrogen (secondary N) is 1. The molecule has 0 unspecified atom stereocenters. The quantitative estimate of drug-likeness (QED) is 0.485. The number of aromatic nitrogens is 1. The predicted octanol–water partition coefficient (Wildman–Crippen LogP) is 3.19. The summed E-state index contributed by atoms with van der Waals surface area (Å²) in [7, 11) is 0. The molecular formula is C9H7NS2. The monoisotopic (exact) mass is 193 g/mol. The van der Waals surface area contributed by atoms with E-state index < -0.39 is 0 Å². The minimum Gasteiger partial charge on any atom is -0.346 e. The Morgan fingerprint density at radius 1 is 1.25 bits per heavy atom. The molecule has 60 valence electrons. The van der Waals surface area contributed by atoms with E-state index in [2.05, 4.69) is 17.6 Å². The van der Waals surface area contributed by atoms with Gasteiger partial charge in [-0.1, -0.05) is 30.4 Å². The molecule has 0 bridgehead atoms. The van der Waals surface area contributed by atoms with Crippen molar-refractivity contribution in [1.82, 2.24) is 4.98 Å². The molecular weight excluding hydrogens is 186 g/mol. The maximum atomic E-state index is 5.02. The SMILES string of the molecule is S=c1cc(S)c2ccccc2[nH]1. The Labute approximate surface area is 80.8 Å². The summed E-state index contributed by atoms with van der Waals surface area (Å²) in [6.45, 7) is 0. The highest BCUT2D eigenvalue weighted by Gasteiger charge is 1.95. The van der Waals surface area contributed by atoms with Crippen molar-refractivity contribution in [3.63, 3.8) is 0 Å². The van der Waals surface area contributed by atoms with Crippen molar-refractivity contribution in [2.45, 2.75) is 4.90 Å². The van der Waals surface area contributed by atoms with Gasteiger partial charge in [-0.05, 0) is 12.1 Å². The molecule has 12 heavy (non-hydrogen) atoms. The van der Waals surface area contributed by atoms with Crippen molar-refractivity contribution in [3.8, 4) is 0 Å². The maximum absolute atomic E-state index is 5.02. The lowest BCUT2D eigenvalue weighted by molar-refractivity contribution is 1.33. The van der Waals surface area contributed by atoms with E-state index in [1.807, 2.05) is 30.3 Å². The average molecular weight is 193 g/mol. The summed E-state index contributed by atoms with van der Waals surface area (Å²) in [6.07, 6.45) is 0. The first kappa shape index (κ1) is 7.83. The predicted molar refractivity (Wildman–Crippen MR) is 56.4 cm³/mol. The molecule has 1 N–H and O–H groups in total. The van der Waals surface area contributed by atoms with Crippen LogP contribution in [-0.4, -0.2) is 4.98 Å². The third-order valence-corrected chi connectivity index (χ3v) is 2.32. The van der Waals surface area contributed by atoms with Crippen molar-refractivity contribution in [1.29, 1.82) is 0 Å². The summed E-state index contributed by atoms with van der Waals surface area (Å²) < 4.78 is 0.721. The number of hydrogen-bond donors (Lipinski definition) is 2. The summed E-state index contributed by atoms with van der Waals surface area (Å²) in [5.74, 6) is 0. The molecule has 3 heteroatoms. The van der Waals surface area contributed by atoms with Crippen LogP contribution in [0.4, 0.5) is 0 Å². The molecule has 0 fully saturated rings. The largest absolute Gasteiger partial charge is 0.346 e. The summed E-state index contributed by atoms with van der Waals surface area (Å²) >= 11 is 9.36. The molecule has 1 aromatic heterocycles. The van der Waals surface area contributed by atoms with Crippen LogP contribution in [0.15, 0.2) is 35.2 Å². The third-order valence-electron chi connectivity index (χ3n) is 1.73. The first-order chi connectivity index (χ1) is 5.77. The number of thiol groups is 1. The second-order valence-electron chi connectivity index (χ2n) is 2.56. The van der Waals surface area contributed by atoms with Crippen LogP contribution >= 0.6 is 24.8 Å². The molecule has 1 aromatic carbocycles. The molecule has 2 rings (SSSR count). The van der Waals surface area contributed by atoms with Gasteiger partial charge in [-0.2, -0.15) is 0 Å². The molecule has 0 saturated carbocycles. The molecule has 0 amide bonds. The van der Waals surface area contributed by atoms with Gasteiger partial charge in [-0.15, -0.1) is 12.6 Å². The van der Waals surface area contributed by atoms with E-state index in [-0.39, 0.29) is 0 Å². The highest BCUT2D eigenvalue weighted by molar-refractivity contribution is 7.80. The number of pyridine rings is 1. The fourth-order valence-electron chi connectivity index (χ4n) is 1.19. The number of rotatable bonds is 0. The van der Waals surface area contributed by atoms with E-state index in [0.29, 0.717) is 0 Å². The van der Waals surface area contributed by atoms with Gasteiger partial charge >= 0.3 is 0 Å². The highest BCUT2D eigenvalue weighted by atomic mass is 32.1. The first-order valence-corrected chi connectivity index (χ1v) is 4.44. The highest BCUT2D eigenvalue weighted by Crippen LogP contribution is 2.19. The van der Waals surface area contributed by atoms with Gasteiger partial charge in [0.25, 0.3) is 0 Å². The van der Waals surface area contributed by atoms with E-state index in [0.717, 1.165) is 20.4 Å². The van der Waals surface area contributed by atoms with Crippen LogP contribution in [0.25, 0.3) is 10.9 Å². The van der Waals surface area contributed by atoms with Crippen LogP contribution in [0.5, 0.6) is 0 Å². The summed E-state index contributed by atoms with van der Waals surface area (Å²) in [6, 6.07) is 9.81. The maximum Gasteiger partial charge on any atom is 0.104 e. The van der Waals surface area contributed by atoms with Gasteiger partial charge in [0.15, 0.2) is 0 Å². The fourth-order valence-corrected chi connectivity index (χ4v) is 1.83. The lowest BCUT2D eigenvalue weighted by Gasteiger charge is -1.99. The Kier molecular flexibility index (Phi) is 1.90. The van der Waals surface area contributed by atoms with Crippen molar-refractivity contribution in [2.75, 3.05) is 0 Å². The number of aromatic amines is 1. The van der Waals surface area contributed by atoms with E-state index >= 15 is 0 Å². The summed E-state index contributed by atoms with van der Waals surface area (Å²) in [5.41, 5.74) is 1.04. The zero-order valence-corrected chi connectivity index (χ0v) is 7.95. The molecule has 0 spiro atoms. The second-order valence-corrected chi connectivity index (χ2v) is 3.49. The zero-order chi connectivity index (χ0) is 8.55. The second kappa shape index (κ2) is 2.92. The Morgan fingerprint density at radius 3 is 2.83 bits per heavy atom. The number of fused-ring (bicyclic) bond motifs is 1. The van der Waals surface area contributed by atoms with Gasteiger partial charge in [0.1, 0.15) is 4.64 Å². The van der Waals surface area contributed by atoms with Gasteiger partial charge in [-0.25, -0.2) is 0 Å². The molecule has 1 heterocycles. The van der Waals surface area contributed by atoms with Crippen LogP contribution in [0.1, 0.15) is 0 Å². The van der Waals surface area contributed by atoms with Crippen molar-refractivity contribution < 1.29 is 0 Å². The molecule has 0 radical (unpaired) electrons. The van der Waals surface area contributed by atoms with Crippen molar-refractivity contribution in [3.05, 3.63) is 35.0 Å². The smallest absolute Gasteiger partial charge is 0.104 e. The van der Waals surface area contributed by atoms with Crippen LogP contribution < -0.4 is 0 Å². The van der Waals surface area contributed by atoms with Gasteiger partial charge < -0.3 is 4.98 Å². The first-order valence-electron chi connectivity index (χ1n) is 3.58. The normalized spacial score (nSPS) is 10.4. The summed E-state index contributed by atoms with van der Waals surface area (Å²) in [4.78, 5) is 4.02. The van der Waals surface area contributed by atoms with Crippen LogP contribution in [0.2, 0.25) is 0 Å². The molecule has 0 aliphatic rings. The Hall–Kier alpha value is -0.800. The van der Waals surface area contributed by atoms with E-state index in [9.17, 15) is 0 Å². The van der Waals surface area contributed by atoms with Gasteiger partial charge in [0.05, 0.1) is 0 Å². The minimum atomic E-state index is 0.721. The third kappa shape index (κ3) is 1.26. The molecule has 0 aliphatic carbocycles. The number of H-pyrrole nitrogens is 1. The van der Waals surface area contributed by atoms with Crippen molar-refractivity contribution >= 4 is 35.7 Å². The van der Waals surface area contributed by atoms with Crippen LogP contribution in [0.3, 0.4) is 0 Å². The Morgan fingerprint density at radius 2 is 2.00 bits per heavy atom. The van der Waals surface area contributed by atoms with Gasteiger partial charge in [0.2, 0.25) is 0 Å². The molecule has 0 saturated heterocycles. The lowest BCUT2D eigenvalue weighted by atomic mass is 10.2. The Balaban J connectivity index is 2.99. The fraction of sp³-hybridized carbons (Fsp3) is 0. The van der Waals surface area contributed by atoms with E-state index in [1.165, 1.54) is 0 Å². The standard InChI is InChI=1S/C9H7NS2/c11-8-5-9(12)10-7-4-2-1-3-6(7)8/h1-5H,(H2,10,11,12). The molecule has 1 nitrogen and oxygen atoms in total. The number of para-hydroxylation sites is 1. The average Bonchev–Trinajstić information content (AvgIpc) is 2.04. The molecule has 0 aliphatic heterocycles. The topological polar surface area (TPSA) is 15.8 Å². The van der Waals surface area contributed by atoms with Crippen molar-refractivity contribution in [2.24, 2.45) is 0 Å². The number of benzene rings is 1. The number of hydrogen-bond acceptors (Lipinski definition) is 2. The van der Waals surface area contributed by atoms with E-state index in [1.54, 1.807) is 0 Å². The lowest BCUT2D eigenvalue weighted by Crippen LogP contribution is -1.80. The summed E-state index contributed by atoms with van der Waals surface area (Å²) in [5, 5.41) is 1.11. The van der Waals surface area contributed by atoms with Crippen LogP contribution in [0, 0.1) is 4.64 Å². The minimum absolute atomic E-state index is 0.721. The molecule has 0 atom stereocenters. The van der Waals surface area contributed by atoms with E-state index in [4.69, 9.17) is 12.2 Å². The zero-order valence-electron chi connectivity index (χ0n) is 6.24. The molecule has 2 aromatic rings. The van der Waals surface area contributed by atoms with Gasteiger partial charge in [-0.3, -0.25) is 0 Å². The Bertz CT molecular complexity index is 473. The van der Waals surface area contributed by atoms with Gasteiger partial charge in [0, 0.05) is 15.8 Å².